The van der Waals surface area contributed by atoms with Crippen LogP contribution in [0, 0.1) is 5.41 Å². The highest BCUT2D eigenvalue weighted by molar-refractivity contribution is 9.10. The molecular formula is C15H21BrN2OS. The van der Waals surface area contributed by atoms with E-state index >= 15 is 0 Å². The molecule has 0 atom stereocenters. The van der Waals surface area contributed by atoms with Crippen LogP contribution in [0.2, 0.25) is 0 Å². The molecule has 1 amide bonds. The van der Waals surface area contributed by atoms with Crippen LogP contribution in [0.5, 0.6) is 0 Å². The molecule has 1 aromatic rings. The zero-order valence-electron chi connectivity index (χ0n) is 12.4. The van der Waals surface area contributed by atoms with Crippen molar-refractivity contribution < 1.29 is 4.79 Å². The Hall–Kier alpha value is -0.810. The third kappa shape index (κ3) is 6.57. The van der Waals surface area contributed by atoms with Crippen LogP contribution in [0.1, 0.15) is 33.3 Å². The first-order chi connectivity index (χ1) is 9.29. The van der Waals surface area contributed by atoms with Gasteiger partial charge in [-0.1, -0.05) is 48.8 Å². The van der Waals surface area contributed by atoms with Crippen LogP contribution >= 0.6 is 27.7 Å². The van der Waals surface area contributed by atoms with Gasteiger partial charge in [0.25, 0.3) is 0 Å². The first kappa shape index (κ1) is 17.2. The first-order valence-corrected chi connectivity index (χ1v) is 8.39. The highest BCUT2D eigenvalue weighted by atomic mass is 79.9. The number of hydrazone groups is 1. The molecule has 1 rings (SSSR count). The van der Waals surface area contributed by atoms with E-state index in [0.29, 0.717) is 5.75 Å². The number of carbonyl (C=O) groups excluding carboxylic acids is 1. The Kier molecular flexibility index (Phi) is 6.76. The summed E-state index contributed by atoms with van der Waals surface area (Å²) in [7, 11) is 0. The first-order valence-electron chi connectivity index (χ1n) is 6.45. The van der Waals surface area contributed by atoms with Crippen molar-refractivity contribution >= 4 is 39.3 Å². The van der Waals surface area contributed by atoms with Gasteiger partial charge in [-0.25, -0.2) is 5.43 Å². The Labute approximate surface area is 133 Å². The lowest BCUT2D eigenvalue weighted by atomic mass is 9.91. The molecule has 0 aliphatic heterocycles. The van der Waals surface area contributed by atoms with E-state index in [0.717, 1.165) is 15.9 Å². The third-order valence-electron chi connectivity index (χ3n) is 2.82. The van der Waals surface area contributed by atoms with Gasteiger partial charge in [-0.05, 0) is 24.6 Å². The average molecular weight is 357 g/mol. The van der Waals surface area contributed by atoms with Crippen molar-refractivity contribution in [2.24, 2.45) is 10.5 Å². The number of hydrogen-bond donors (Lipinski definition) is 1. The third-order valence-corrected chi connectivity index (χ3v) is 4.32. The van der Waals surface area contributed by atoms with Crippen LogP contribution in [-0.4, -0.2) is 17.4 Å². The van der Waals surface area contributed by atoms with E-state index in [-0.39, 0.29) is 11.3 Å². The fourth-order valence-electron chi connectivity index (χ4n) is 1.23. The van der Waals surface area contributed by atoms with Gasteiger partial charge in [-0.3, -0.25) is 4.79 Å². The molecule has 0 heterocycles. The minimum Gasteiger partial charge on any atom is -0.272 e. The van der Waals surface area contributed by atoms with E-state index in [1.807, 2.05) is 19.1 Å². The van der Waals surface area contributed by atoms with Gasteiger partial charge >= 0.3 is 0 Å². The van der Waals surface area contributed by atoms with E-state index in [1.165, 1.54) is 5.56 Å². The van der Waals surface area contributed by atoms with Crippen LogP contribution in [-0.2, 0) is 10.5 Å². The van der Waals surface area contributed by atoms with Gasteiger partial charge < -0.3 is 0 Å². The fraction of sp³-hybridized carbons (Fsp3) is 0.467. The summed E-state index contributed by atoms with van der Waals surface area (Å²) < 4.78 is 1.06. The Balaban J connectivity index is 2.34. The number of nitrogens with one attached hydrogen (secondary N) is 1. The zero-order valence-corrected chi connectivity index (χ0v) is 14.8. The van der Waals surface area contributed by atoms with Crippen LogP contribution in [0.25, 0.3) is 0 Å². The summed E-state index contributed by atoms with van der Waals surface area (Å²) in [5.41, 5.74) is 4.71. The van der Waals surface area contributed by atoms with Gasteiger partial charge in [-0.15, -0.1) is 11.8 Å². The second kappa shape index (κ2) is 7.84. The van der Waals surface area contributed by atoms with Crippen LogP contribution < -0.4 is 5.43 Å². The van der Waals surface area contributed by atoms with Gasteiger partial charge in [0.05, 0.1) is 5.75 Å². The van der Waals surface area contributed by atoms with Crippen LogP contribution in [0.3, 0.4) is 0 Å². The van der Waals surface area contributed by atoms with Gasteiger partial charge in [-0.2, -0.15) is 5.10 Å². The lowest BCUT2D eigenvalue weighted by molar-refractivity contribution is -0.118. The van der Waals surface area contributed by atoms with Crippen molar-refractivity contribution in [1.82, 2.24) is 5.43 Å². The van der Waals surface area contributed by atoms with Crippen molar-refractivity contribution in [2.75, 3.05) is 5.75 Å². The maximum absolute atomic E-state index is 11.7. The van der Waals surface area contributed by atoms with Crippen molar-refractivity contribution in [3.63, 3.8) is 0 Å². The number of thioether (sulfide) groups is 1. The minimum absolute atomic E-state index is 0.0171. The van der Waals surface area contributed by atoms with Gasteiger partial charge in [0.15, 0.2) is 0 Å². The van der Waals surface area contributed by atoms with E-state index in [9.17, 15) is 4.79 Å². The predicted molar refractivity (Wildman–Crippen MR) is 91.0 cm³/mol. The molecule has 3 nitrogen and oxygen atoms in total. The van der Waals surface area contributed by atoms with E-state index in [1.54, 1.807) is 11.8 Å². The monoisotopic (exact) mass is 356 g/mol. The largest absolute Gasteiger partial charge is 0.272 e. The second-order valence-electron chi connectivity index (χ2n) is 5.60. The number of hydrogen-bond acceptors (Lipinski definition) is 3. The standard InChI is InChI=1S/C15H21BrN2OS/c1-11(15(2,3)4)17-18-14(19)10-20-9-12-6-5-7-13(16)8-12/h5-8H,9-10H2,1-4H3,(H,18,19). The summed E-state index contributed by atoms with van der Waals surface area (Å²) in [5, 5.41) is 4.13. The molecule has 0 saturated heterocycles. The molecular weight excluding hydrogens is 336 g/mol. The molecule has 5 heteroatoms. The molecule has 0 aromatic heterocycles. The molecule has 0 unspecified atom stereocenters. The zero-order chi connectivity index (χ0) is 15.2. The minimum atomic E-state index is -0.0615. The average Bonchev–Trinajstić information content (AvgIpc) is 2.35. The summed E-state index contributed by atoms with van der Waals surface area (Å²) >= 11 is 5.02. The van der Waals surface area contributed by atoms with E-state index in [2.05, 4.69) is 59.4 Å². The van der Waals surface area contributed by atoms with Gasteiger partial charge in [0.1, 0.15) is 0 Å². The highest BCUT2D eigenvalue weighted by Gasteiger charge is 2.14. The summed E-state index contributed by atoms with van der Waals surface area (Å²) in [4.78, 5) is 11.7. The Morgan fingerprint density at radius 2 is 2.10 bits per heavy atom. The SMILES string of the molecule is CC(=NNC(=O)CSCc1cccc(Br)c1)C(C)(C)C. The van der Waals surface area contributed by atoms with E-state index < -0.39 is 0 Å². The number of rotatable bonds is 5. The van der Waals surface area contributed by atoms with Crippen LogP contribution in [0.4, 0.5) is 0 Å². The smallest absolute Gasteiger partial charge is 0.250 e. The number of halogens is 1. The lowest BCUT2D eigenvalue weighted by Gasteiger charge is -2.17. The summed E-state index contributed by atoms with van der Waals surface area (Å²) in [6.07, 6.45) is 0. The topological polar surface area (TPSA) is 41.5 Å². The quantitative estimate of drug-likeness (QED) is 0.633. The summed E-state index contributed by atoms with van der Waals surface area (Å²) in [6.45, 7) is 8.13. The van der Waals surface area contributed by atoms with Gasteiger partial charge in [0.2, 0.25) is 5.91 Å². The normalized spacial score (nSPS) is 12.3. The molecule has 0 radical (unpaired) electrons. The second-order valence-corrected chi connectivity index (χ2v) is 7.51. The molecule has 0 spiro atoms. The highest BCUT2D eigenvalue weighted by Crippen LogP contribution is 2.17. The number of amides is 1. The van der Waals surface area contributed by atoms with Gasteiger partial charge in [0, 0.05) is 21.4 Å². The molecule has 0 fully saturated rings. The number of nitrogens with zero attached hydrogens (tertiary/aromatic N) is 1. The Morgan fingerprint density at radius 3 is 2.70 bits per heavy atom. The molecule has 0 aliphatic carbocycles. The summed E-state index contributed by atoms with van der Waals surface area (Å²) in [6, 6.07) is 8.10. The molecule has 0 aliphatic rings. The van der Waals surface area contributed by atoms with Crippen LogP contribution in [0.15, 0.2) is 33.8 Å². The predicted octanol–water partition coefficient (Wildman–Crippen LogP) is 4.22. The molecule has 20 heavy (non-hydrogen) atoms. The number of carbonyl (C=O) groups is 1. The maximum Gasteiger partial charge on any atom is 0.250 e. The molecule has 0 saturated carbocycles. The van der Waals surface area contributed by atoms with Crippen molar-refractivity contribution in [1.29, 1.82) is 0 Å². The van der Waals surface area contributed by atoms with E-state index in [4.69, 9.17) is 0 Å². The number of benzene rings is 1. The molecule has 110 valence electrons. The molecule has 1 aromatic carbocycles. The van der Waals surface area contributed by atoms with Crippen molar-refractivity contribution in [2.45, 2.75) is 33.4 Å². The Morgan fingerprint density at radius 1 is 1.40 bits per heavy atom. The Bertz CT molecular complexity index is 495. The maximum atomic E-state index is 11.7. The fourth-order valence-corrected chi connectivity index (χ4v) is 2.45. The molecule has 1 N–H and O–H groups in total. The summed E-state index contributed by atoms with van der Waals surface area (Å²) in [5.74, 6) is 1.16. The van der Waals surface area contributed by atoms with Crippen molar-refractivity contribution in [3.8, 4) is 0 Å². The lowest BCUT2D eigenvalue weighted by Crippen LogP contribution is -2.25. The van der Waals surface area contributed by atoms with Crippen molar-refractivity contribution in [3.05, 3.63) is 34.3 Å². The molecule has 0 bridgehead atoms.